The number of nitrogens with zero attached hydrogens (tertiary/aromatic N) is 2. The lowest BCUT2D eigenvalue weighted by Crippen LogP contribution is -2.30. The molecule has 7 aromatic rings. The Morgan fingerprint density at radius 1 is 0.654 bits per heavy atom. The molecule has 52 heavy (non-hydrogen) atoms. The predicted molar refractivity (Wildman–Crippen MR) is 215 cm³/mol. The van der Waals surface area contributed by atoms with Crippen LogP contribution in [-0.2, 0) is 0 Å². The second-order valence-corrected chi connectivity index (χ2v) is 14.2. The molecule has 252 valence electrons. The molecule has 4 nitrogen and oxygen atoms in total. The third kappa shape index (κ3) is 5.43. The van der Waals surface area contributed by atoms with E-state index >= 15 is 0 Å². The molecule has 3 atom stereocenters. The van der Waals surface area contributed by atoms with Crippen LogP contribution in [-0.4, -0.2) is 16.5 Å². The molecule has 0 amide bonds. The van der Waals surface area contributed by atoms with Gasteiger partial charge in [-0.1, -0.05) is 133 Å². The van der Waals surface area contributed by atoms with Crippen molar-refractivity contribution >= 4 is 38.9 Å². The van der Waals surface area contributed by atoms with Gasteiger partial charge in [0.2, 0.25) is 0 Å². The van der Waals surface area contributed by atoms with Crippen molar-refractivity contribution in [1.29, 1.82) is 0 Å². The fraction of sp³-hybridized carbons (Fsp3) is 0.146. The standard InChI is InChI=1S/C48H39N3O/c1-4-13-32(14-5-1)33-23-25-34(26-24-33)38-30-42(35-15-6-2-7-16-35)49-43(31-38)37-19-12-20-39(29-37)51-44-22-11-10-21-40(44)46-45(51)28-27-41-47(46)52-48(50-41)36-17-8-3-9-18-36/h1-8,10-16,19-30,36,38,48,50H,9,17-18,31H2. The highest BCUT2D eigenvalue weighted by atomic mass is 16.5. The highest BCUT2D eigenvalue weighted by Crippen LogP contribution is 2.46. The summed E-state index contributed by atoms with van der Waals surface area (Å²) < 4.78 is 9.19. The van der Waals surface area contributed by atoms with Gasteiger partial charge in [-0.25, -0.2) is 0 Å². The maximum Gasteiger partial charge on any atom is 0.173 e. The lowest BCUT2D eigenvalue weighted by molar-refractivity contribution is 0.171. The molecule has 3 aliphatic rings. The van der Waals surface area contributed by atoms with Crippen molar-refractivity contribution in [3.63, 3.8) is 0 Å². The Labute approximate surface area is 304 Å². The normalized spacial score (nSPS) is 19.5. The Hall–Kier alpha value is -6.13. The molecule has 2 aliphatic heterocycles. The van der Waals surface area contributed by atoms with E-state index in [0.717, 1.165) is 70.9 Å². The summed E-state index contributed by atoms with van der Waals surface area (Å²) in [6.45, 7) is 0. The van der Waals surface area contributed by atoms with Crippen LogP contribution in [0.25, 0.3) is 44.3 Å². The molecule has 0 bridgehead atoms. The van der Waals surface area contributed by atoms with Crippen molar-refractivity contribution in [2.24, 2.45) is 10.9 Å². The minimum Gasteiger partial charge on any atom is -0.468 e. The van der Waals surface area contributed by atoms with E-state index in [-0.39, 0.29) is 12.1 Å². The van der Waals surface area contributed by atoms with Crippen molar-refractivity contribution in [2.45, 2.75) is 37.8 Å². The number of hydrogen-bond donors (Lipinski definition) is 1. The number of para-hydroxylation sites is 1. The molecule has 0 fully saturated rings. The Morgan fingerprint density at radius 2 is 1.40 bits per heavy atom. The van der Waals surface area contributed by atoms with E-state index in [4.69, 9.17) is 9.73 Å². The number of aromatic nitrogens is 1. The maximum atomic E-state index is 6.79. The number of fused-ring (bicyclic) bond motifs is 5. The van der Waals surface area contributed by atoms with E-state index in [0.29, 0.717) is 5.92 Å². The van der Waals surface area contributed by atoms with Gasteiger partial charge in [0.05, 0.1) is 27.8 Å². The smallest absolute Gasteiger partial charge is 0.173 e. The first-order valence-corrected chi connectivity index (χ1v) is 18.5. The molecule has 1 aromatic heterocycles. The zero-order valence-electron chi connectivity index (χ0n) is 29.0. The van der Waals surface area contributed by atoms with Crippen LogP contribution in [0.15, 0.2) is 169 Å². The van der Waals surface area contributed by atoms with E-state index in [9.17, 15) is 0 Å². The Morgan fingerprint density at radius 3 is 2.21 bits per heavy atom. The number of benzene rings is 6. The number of ether oxygens (including phenoxy) is 1. The topological polar surface area (TPSA) is 38.5 Å². The van der Waals surface area contributed by atoms with Crippen LogP contribution in [0.5, 0.6) is 5.75 Å². The summed E-state index contributed by atoms with van der Waals surface area (Å²) >= 11 is 0. The van der Waals surface area contributed by atoms with Crippen LogP contribution >= 0.6 is 0 Å². The summed E-state index contributed by atoms with van der Waals surface area (Å²) in [5.41, 5.74) is 12.7. The van der Waals surface area contributed by atoms with Gasteiger partial charge in [0.1, 0.15) is 0 Å². The molecule has 1 N–H and O–H groups in total. The van der Waals surface area contributed by atoms with Gasteiger partial charge in [-0.2, -0.15) is 0 Å². The number of anilines is 1. The molecule has 10 rings (SSSR count). The van der Waals surface area contributed by atoms with Gasteiger partial charge in [-0.05, 0) is 77.4 Å². The molecule has 3 unspecified atom stereocenters. The van der Waals surface area contributed by atoms with E-state index in [1.165, 1.54) is 33.0 Å². The summed E-state index contributed by atoms with van der Waals surface area (Å²) in [4.78, 5) is 5.35. The first-order valence-electron chi connectivity index (χ1n) is 18.5. The Balaban J connectivity index is 1.04. The van der Waals surface area contributed by atoms with Crippen LogP contribution in [0.4, 0.5) is 5.69 Å². The molecule has 1 aliphatic carbocycles. The van der Waals surface area contributed by atoms with E-state index in [1.54, 1.807) is 0 Å². The van der Waals surface area contributed by atoms with Crippen molar-refractivity contribution < 1.29 is 4.74 Å². The van der Waals surface area contributed by atoms with Crippen molar-refractivity contribution in [1.82, 2.24) is 4.57 Å². The van der Waals surface area contributed by atoms with Gasteiger partial charge in [0.25, 0.3) is 0 Å². The first-order chi connectivity index (χ1) is 25.8. The second kappa shape index (κ2) is 12.9. The van der Waals surface area contributed by atoms with Crippen molar-refractivity contribution in [3.8, 4) is 22.6 Å². The van der Waals surface area contributed by atoms with E-state index in [1.807, 2.05) is 0 Å². The third-order valence-corrected chi connectivity index (χ3v) is 11.1. The molecule has 4 heteroatoms. The molecular formula is C48H39N3O. The lowest BCUT2D eigenvalue weighted by Gasteiger charge is -2.24. The maximum absolute atomic E-state index is 6.79. The second-order valence-electron chi connectivity index (χ2n) is 14.2. The predicted octanol–water partition coefficient (Wildman–Crippen LogP) is 12.0. The Bertz CT molecular complexity index is 2530. The van der Waals surface area contributed by atoms with Crippen LogP contribution in [0, 0.1) is 5.92 Å². The van der Waals surface area contributed by atoms with Crippen molar-refractivity contribution in [3.05, 3.63) is 181 Å². The zero-order chi connectivity index (χ0) is 34.4. The summed E-state index contributed by atoms with van der Waals surface area (Å²) in [6, 6.07) is 52.3. The zero-order valence-corrected chi connectivity index (χ0v) is 29.0. The molecular weight excluding hydrogens is 635 g/mol. The fourth-order valence-electron chi connectivity index (χ4n) is 8.39. The van der Waals surface area contributed by atoms with Crippen molar-refractivity contribution in [2.75, 3.05) is 5.32 Å². The lowest BCUT2D eigenvalue weighted by atomic mass is 9.86. The quantitative estimate of drug-likeness (QED) is 0.178. The molecule has 0 saturated carbocycles. The highest BCUT2D eigenvalue weighted by Gasteiger charge is 2.32. The summed E-state index contributed by atoms with van der Waals surface area (Å²) in [5.74, 6) is 1.64. The number of hydrogen-bond acceptors (Lipinski definition) is 3. The monoisotopic (exact) mass is 673 g/mol. The van der Waals surface area contributed by atoms with E-state index < -0.39 is 0 Å². The van der Waals surface area contributed by atoms with Gasteiger partial charge < -0.3 is 14.6 Å². The summed E-state index contributed by atoms with van der Waals surface area (Å²) in [5, 5.41) is 6.09. The largest absolute Gasteiger partial charge is 0.468 e. The summed E-state index contributed by atoms with van der Waals surface area (Å²) in [6.07, 6.45) is 11.1. The SMILES string of the molecule is C1=CCC(C2Nc3ccc4c(c3O2)c2ccccc2n4-c2cccc(C3=NC(c4ccccc4)=CC(c4ccc(-c5ccccc5)cc4)C3)c2)CC1. The molecule has 0 spiro atoms. The average Bonchev–Trinajstić information content (AvgIpc) is 3.82. The minimum atomic E-state index is -0.00495. The van der Waals surface area contributed by atoms with Crippen LogP contribution in [0.1, 0.15) is 48.3 Å². The van der Waals surface area contributed by atoms with Gasteiger partial charge >= 0.3 is 0 Å². The van der Waals surface area contributed by atoms with Gasteiger partial charge in [0.15, 0.2) is 12.0 Å². The number of rotatable bonds is 6. The number of allylic oxidation sites excluding steroid dienone is 3. The minimum absolute atomic E-state index is 0.00495. The van der Waals surface area contributed by atoms with E-state index in [2.05, 4.69) is 174 Å². The molecule has 3 heterocycles. The molecule has 0 saturated heterocycles. The third-order valence-electron chi connectivity index (χ3n) is 11.1. The van der Waals surface area contributed by atoms with Gasteiger partial charge in [-0.15, -0.1) is 0 Å². The number of nitrogens with one attached hydrogen (secondary N) is 1. The first kappa shape index (κ1) is 30.7. The van der Waals surface area contributed by atoms with Crippen LogP contribution in [0.3, 0.4) is 0 Å². The van der Waals surface area contributed by atoms with Gasteiger partial charge in [0, 0.05) is 35.0 Å². The van der Waals surface area contributed by atoms with Gasteiger partial charge in [-0.3, -0.25) is 4.99 Å². The highest BCUT2D eigenvalue weighted by molar-refractivity contribution is 6.14. The summed E-state index contributed by atoms with van der Waals surface area (Å²) in [7, 11) is 0. The van der Waals surface area contributed by atoms with Crippen LogP contribution < -0.4 is 10.1 Å². The van der Waals surface area contributed by atoms with Crippen LogP contribution in [0.2, 0.25) is 0 Å². The fourth-order valence-corrected chi connectivity index (χ4v) is 8.39. The number of aliphatic imine (C=N–C) groups is 1. The average molecular weight is 674 g/mol. The molecule has 0 radical (unpaired) electrons. The molecule has 6 aromatic carbocycles. The Kier molecular flexibility index (Phi) is 7.60.